The van der Waals surface area contributed by atoms with Crippen LogP contribution in [0.15, 0.2) is 24.3 Å². The molecule has 0 unspecified atom stereocenters. The molecule has 2 saturated heterocycles. The molecule has 6 nitrogen and oxygen atoms in total. The Morgan fingerprint density at radius 3 is 2.64 bits per heavy atom. The highest BCUT2D eigenvalue weighted by Crippen LogP contribution is 2.28. The largest absolute Gasteiger partial charge is 0.337 e. The van der Waals surface area contributed by atoms with Crippen molar-refractivity contribution < 1.29 is 13.2 Å². The van der Waals surface area contributed by atoms with E-state index in [2.05, 4.69) is 41.4 Å². The summed E-state index contributed by atoms with van der Waals surface area (Å²) < 4.78 is 22.8. The Labute approximate surface area is 150 Å². The Morgan fingerprint density at radius 1 is 1.20 bits per heavy atom. The molecule has 1 N–H and O–H groups in total. The summed E-state index contributed by atoms with van der Waals surface area (Å²) >= 11 is 0. The number of aryl methyl sites for hydroxylation is 1. The number of sulfone groups is 1. The third-order valence-corrected chi connectivity index (χ3v) is 6.85. The van der Waals surface area contributed by atoms with E-state index in [0.717, 1.165) is 26.1 Å². The zero-order chi connectivity index (χ0) is 17.9. The Hall–Kier alpha value is -1.60. The quantitative estimate of drug-likeness (QED) is 0.871. The SMILES string of the molecule is Cc1ccccc1[C@H]1CCN(CCNC(=O)N2CCS(=O)(=O)CC2)C1. The molecule has 1 atom stereocenters. The van der Waals surface area contributed by atoms with Crippen molar-refractivity contribution in [2.75, 3.05) is 50.8 Å². The highest BCUT2D eigenvalue weighted by Gasteiger charge is 2.26. The summed E-state index contributed by atoms with van der Waals surface area (Å²) in [5.41, 5.74) is 2.78. The zero-order valence-corrected chi connectivity index (χ0v) is 15.6. The van der Waals surface area contributed by atoms with E-state index < -0.39 is 9.84 Å². The van der Waals surface area contributed by atoms with Crippen LogP contribution in [0.1, 0.15) is 23.5 Å². The molecule has 0 aliphatic carbocycles. The van der Waals surface area contributed by atoms with E-state index in [-0.39, 0.29) is 17.5 Å². The van der Waals surface area contributed by atoms with Crippen LogP contribution in [0.25, 0.3) is 0 Å². The number of carbonyl (C=O) groups is 1. The number of hydrogen-bond donors (Lipinski definition) is 1. The van der Waals surface area contributed by atoms with Gasteiger partial charge in [0.15, 0.2) is 9.84 Å². The van der Waals surface area contributed by atoms with Crippen LogP contribution in [0.5, 0.6) is 0 Å². The number of benzene rings is 1. The molecular formula is C18H27N3O3S. The van der Waals surface area contributed by atoms with E-state index >= 15 is 0 Å². The van der Waals surface area contributed by atoms with Crippen LogP contribution >= 0.6 is 0 Å². The number of carbonyl (C=O) groups excluding carboxylic acids is 1. The molecule has 1 aromatic carbocycles. The average Bonchev–Trinajstić information content (AvgIpc) is 3.03. The molecule has 0 bridgehead atoms. The summed E-state index contributed by atoms with van der Waals surface area (Å²) in [4.78, 5) is 16.1. The molecule has 1 aromatic rings. The number of rotatable bonds is 4. The van der Waals surface area contributed by atoms with E-state index in [0.29, 0.717) is 25.6 Å². The second-order valence-corrected chi connectivity index (χ2v) is 9.32. The molecule has 2 aliphatic rings. The van der Waals surface area contributed by atoms with Gasteiger partial charge in [-0.1, -0.05) is 24.3 Å². The van der Waals surface area contributed by atoms with Crippen molar-refractivity contribution in [2.24, 2.45) is 0 Å². The van der Waals surface area contributed by atoms with Gasteiger partial charge in [0.05, 0.1) is 11.5 Å². The fourth-order valence-corrected chi connectivity index (χ4v) is 4.88. The van der Waals surface area contributed by atoms with Crippen molar-refractivity contribution in [3.63, 3.8) is 0 Å². The van der Waals surface area contributed by atoms with Gasteiger partial charge >= 0.3 is 6.03 Å². The fourth-order valence-electron chi connectivity index (χ4n) is 3.68. The highest BCUT2D eigenvalue weighted by molar-refractivity contribution is 7.91. The summed E-state index contributed by atoms with van der Waals surface area (Å²) in [6.45, 7) is 6.28. The molecule has 7 heteroatoms. The number of nitrogens with one attached hydrogen (secondary N) is 1. The van der Waals surface area contributed by atoms with Crippen LogP contribution in [-0.2, 0) is 9.84 Å². The summed E-state index contributed by atoms with van der Waals surface area (Å²) in [7, 11) is -2.95. The Morgan fingerprint density at radius 2 is 1.92 bits per heavy atom. The van der Waals surface area contributed by atoms with Crippen molar-refractivity contribution in [1.29, 1.82) is 0 Å². The molecule has 138 valence electrons. The van der Waals surface area contributed by atoms with Gasteiger partial charge in [-0.3, -0.25) is 0 Å². The van der Waals surface area contributed by atoms with Crippen molar-refractivity contribution in [3.05, 3.63) is 35.4 Å². The monoisotopic (exact) mass is 365 g/mol. The maximum absolute atomic E-state index is 12.1. The van der Waals surface area contributed by atoms with E-state index in [9.17, 15) is 13.2 Å². The zero-order valence-electron chi connectivity index (χ0n) is 14.8. The maximum atomic E-state index is 12.1. The molecular weight excluding hydrogens is 338 g/mol. The molecule has 2 amide bonds. The molecule has 0 aromatic heterocycles. The van der Waals surface area contributed by atoms with Crippen LogP contribution in [0.4, 0.5) is 4.79 Å². The summed E-state index contributed by atoms with van der Waals surface area (Å²) in [5.74, 6) is 0.721. The fraction of sp³-hybridized carbons (Fsp3) is 0.611. The van der Waals surface area contributed by atoms with Gasteiger partial charge < -0.3 is 15.1 Å². The molecule has 0 radical (unpaired) electrons. The second kappa shape index (κ2) is 7.74. The first-order chi connectivity index (χ1) is 11.9. The second-order valence-electron chi connectivity index (χ2n) is 7.01. The van der Waals surface area contributed by atoms with Gasteiger partial charge in [0.2, 0.25) is 0 Å². The van der Waals surface area contributed by atoms with Crippen LogP contribution < -0.4 is 5.32 Å². The van der Waals surface area contributed by atoms with Gasteiger partial charge in [-0.05, 0) is 36.9 Å². The Bertz CT molecular complexity index is 706. The van der Waals surface area contributed by atoms with Gasteiger partial charge in [0, 0.05) is 32.7 Å². The minimum atomic E-state index is -2.95. The topological polar surface area (TPSA) is 69.7 Å². The standard InChI is InChI=1S/C18H27N3O3S/c1-15-4-2-3-5-17(15)16-6-8-20(14-16)9-7-19-18(22)21-10-12-25(23,24)13-11-21/h2-5,16H,6-14H2,1H3,(H,19,22)/t16-/m0/s1. The van der Waals surface area contributed by atoms with Crippen molar-refractivity contribution >= 4 is 15.9 Å². The van der Waals surface area contributed by atoms with Gasteiger partial charge in [-0.25, -0.2) is 13.2 Å². The van der Waals surface area contributed by atoms with Gasteiger partial charge in [0.25, 0.3) is 0 Å². The maximum Gasteiger partial charge on any atom is 0.317 e. The summed E-state index contributed by atoms with van der Waals surface area (Å²) in [6.07, 6.45) is 1.16. The van der Waals surface area contributed by atoms with Crippen LogP contribution in [0.2, 0.25) is 0 Å². The third kappa shape index (κ3) is 4.73. The first-order valence-electron chi connectivity index (χ1n) is 8.96. The summed E-state index contributed by atoms with van der Waals surface area (Å²) in [6, 6.07) is 8.41. The first kappa shape index (κ1) is 18.2. The number of nitrogens with zero attached hydrogens (tertiary/aromatic N) is 2. The van der Waals surface area contributed by atoms with Crippen molar-refractivity contribution in [2.45, 2.75) is 19.3 Å². The third-order valence-electron chi connectivity index (χ3n) is 5.24. The molecule has 25 heavy (non-hydrogen) atoms. The van der Waals surface area contributed by atoms with Gasteiger partial charge in [-0.2, -0.15) is 0 Å². The van der Waals surface area contributed by atoms with E-state index in [4.69, 9.17) is 0 Å². The molecule has 0 spiro atoms. The normalized spacial score (nSPS) is 23.6. The lowest BCUT2D eigenvalue weighted by atomic mass is 9.94. The molecule has 2 aliphatic heterocycles. The first-order valence-corrected chi connectivity index (χ1v) is 10.8. The predicted molar refractivity (Wildman–Crippen MR) is 98.6 cm³/mol. The number of likely N-dealkylation sites (tertiary alicyclic amines) is 1. The minimum absolute atomic E-state index is 0.0741. The summed E-state index contributed by atoms with van der Waals surface area (Å²) in [5, 5.41) is 2.92. The van der Waals surface area contributed by atoms with Crippen LogP contribution in [0.3, 0.4) is 0 Å². The lowest BCUT2D eigenvalue weighted by Crippen LogP contribution is -2.49. The molecule has 2 fully saturated rings. The highest BCUT2D eigenvalue weighted by atomic mass is 32.2. The lowest BCUT2D eigenvalue weighted by molar-refractivity contribution is 0.200. The average molecular weight is 365 g/mol. The van der Waals surface area contributed by atoms with Crippen LogP contribution in [-0.4, -0.2) is 75.0 Å². The predicted octanol–water partition coefficient (Wildman–Crippen LogP) is 1.22. The van der Waals surface area contributed by atoms with E-state index in [1.54, 1.807) is 4.90 Å². The molecule has 3 rings (SSSR count). The smallest absolute Gasteiger partial charge is 0.317 e. The number of hydrogen-bond acceptors (Lipinski definition) is 4. The Kier molecular flexibility index (Phi) is 5.64. The molecule has 0 saturated carbocycles. The van der Waals surface area contributed by atoms with E-state index in [1.165, 1.54) is 11.1 Å². The van der Waals surface area contributed by atoms with E-state index in [1.807, 2.05) is 0 Å². The van der Waals surface area contributed by atoms with Crippen molar-refractivity contribution in [1.82, 2.24) is 15.1 Å². The van der Waals surface area contributed by atoms with Gasteiger partial charge in [0.1, 0.15) is 0 Å². The molecule has 2 heterocycles. The lowest BCUT2D eigenvalue weighted by Gasteiger charge is -2.27. The minimum Gasteiger partial charge on any atom is -0.337 e. The van der Waals surface area contributed by atoms with Crippen LogP contribution in [0, 0.1) is 6.92 Å². The number of urea groups is 1. The number of amides is 2. The van der Waals surface area contributed by atoms with Crippen molar-refractivity contribution in [3.8, 4) is 0 Å². The Balaban J connectivity index is 1.40. The van der Waals surface area contributed by atoms with Gasteiger partial charge in [-0.15, -0.1) is 0 Å².